The van der Waals surface area contributed by atoms with E-state index in [0.717, 1.165) is 23.1 Å². The van der Waals surface area contributed by atoms with Crippen LogP contribution in [0.4, 0.5) is 0 Å². The molecular formula is C18H15N3O. The minimum Gasteiger partial charge on any atom is -0.295 e. The minimum absolute atomic E-state index is 0.0729. The Labute approximate surface area is 128 Å². The smallest absolute Gasteiger partial charge is 0.165 e. The Bertz CT molecular complexity index is 989. The first-order chi connectivity index (χ1) is 10.5. The summed E-state index contributed by atoms with van der Waals surface area (Å²) >= 11 is 0. The minimum atomic E-state index is -0.0729. The zero-order valence-electron chi connectivity index (χ0n) is 12.6. The van der Waals surface area contributed by atoms with Crippen LogP contribution in [-0.2, 0) is 6.42 Å². The van der Waals surface area contributed by atoms with Crippen LogP contribution in [0.5, 0.6) is 0 Å². The van der Waals surface area contributed by atoms with Crippen molar-refractivity contribution in [1.29, 1.82) is 5.26 Å². The van der Waals surface area contributed by atoms with E-state index in [1.807, 2.05) is 28.7 Å². The van der Waals surface area contributed by atoms with Gasteiger partial charge in [0, 0.05) is 17.7 Å². The van der Waals surface area contributed by atoms with E-state index in [-0.39, 0.29) is 11.2 Å². The van der Waals surface area contributed by atoms with Crippen LogP contribution in [0, 0.1) is 16.7 Å². The van der Waals surface area contributed by atoms with Gasteiger partial charge in [0.15, 0.2) is 11.4 Å². The highest BCUT2D eigenvalue weighted by Gasteiger charge is 2.33. The average Bonchev–Trinajstić information content (AvgIpc) is 2.85. The zero-order chi connectivity index (χ0) is 15.5. The SMILES string of the molecule is CC1(C)CC(=O)c2cc(C#N)c3nc4ccccc4n3c2C1. The number of ketones is 1. The molecule has 2 heterocycles. The highest BCUT2D eigenvalue weighted by atomic mass is 16.1. The lowest BCUT2D eigenvalue weighted by atomic mass is 9.75. The molecule has 1 aromatic carbocycles. The summed E-state index contributed by atoms with van der Waals surface area (Å²) in [5, 5.41) is 9.44. The number of para-hydroxylation sites is 2. The van der Waals surface area contributed by atoms with Gasteiger partial charge in [0.2, 0.25) is 0 Å². The Morgan fingerprint density at radius 2 is 2.05 bits per heavy atom. The fraction of sp³-hybridized carbons (Fsp3) is 0.278. The van der Waals surface area contributed by atoms with Gasteiger partial charge in [-0.15, -0.1) is 0 Å². The summed E-state index contributed by atoms with van der Waals surface area (Å²) in [5.74, 6) is 0.113. The van der Waals surface area contributed by atoms with Crippen molar-refractivity contribution in [2.24, 2.45) is 5.41 Å². The number of pyridine rings is 1. The van der Waals surface area contributed by atoms with Crippen molar-refractivity contribution in [1.82, 2.24) is 9.38 Å². The maximum absolute atomic E-state index is 12.5. The maximum Gasteiger partial charge on any atom is 0.165 e. The van der Waals surface area contributed by atoms with Crippen molar-refractivity contribution in [3.8, 4) is 6.07 Å². The summed E-state index contributed by atoms with van der Waals surface area (Å²) in [6, 6.07) is 11.7. The molecule has 0 amide bonds. The predicted octanol–water partition coefficient (Wildman–Crippen LogP) is 3.51. The summed E-state index contributed by atoms with van der Waals surface area (Å²) < 4.78 is 2.00. The summed E-state index contributed by atoms with van der Waals surface area (Å²) in [6.45, 7) is 4.22. The van der Waals surface area contributed by atoms with Gasteiger partial charge in [-0.1, -0.05) is 26.0 Å². The van der Waals surface area contributed by atoms with Gasteiger partial charge in [0.25, 0.3) is 0 Å². The van der Waals surface area contributed by atoms with Crippen molar-refractivity contribution < 1.29 is 4.79 Å². The number of nitrogens with zero attached hydrogens (tertiary/aromatic N) is 3. The molecule has 0 spiro atoms. The first-order valence-electron chi connectivity index (χ1n) is 7.36. The molecule has 4 nitrogen and oxygen atoms in total. The van der Waals surface area contributed by atoms with Crippen LogP contribution in [0.15, 0.2) is 30.3 Å². The molecule has 22 heavy (non-hydrogen) atoms. The number of Topliss-reactive ketones (excluding diaryl/α,β-unsaturated/α-hetero) is 1. The normalized spacial score (nSPS) is 16.7. The maximum atomic E-state index is 12.5. The van der Waals surface area contributed by atoms with Gasteiger partial charge in [-0.25, -0.2) is 4.98 Å². The van der Waals surface area contributed by atoms with Gasteiger partial charge < -0.3 is 0 Å². The lowest BCUT2D eigenvalue weighted by molar-refractivity contribution is 0.0910. The second-order valence-corrected chi connectivity index (χ2v) is 6.73. The van der Waals surface area contributed by atoms with Crippen LogP contribution in [0.3, 0.4) is 0 Å². The first-order valence-corrected chi connectivity index (χ1v) is 7.36. The molecule has 4 rings (SSSR count). The van der Waals surface area contributed by atoms with E-state index in [9.17, 15) is 10.1 Å². The van der Waals surface area contributed by atoms with Gasteiger partial charge in [-0.3, -0.25) is 9.20 Å². The molecule has 0 aliphatic heterocycles. The van der Waals surface area contributed by atoms with Gasteiger partial charge in [0.1, 0.15) is 6.07 Å². The summed E-state index contributed by atoms with van der Waals surface area (Å²) in [7, 11) is 0. The first kappa shape index (κ1) is 13.0. The third-order valence-electron chi connectivity index (χ3n) is 4.38. The molecule has 4 heteroatoms. The van der Waals surface area contributed by atoms with Crippen LogP contribution in [-0.4, -0.2) is 15.2 Å². The van der Waals surface area contributed by atoms with E-state index in [2.05, 4.69) is 24.9 Å². The lowest BCUT2D eigenvalue weighted by Gasteiger charge is -2.30. The monoisotopic (exact) mass is 289 g/mol. The molecule has 0 unspecified atom stereocenters. The Kier molecular flexibility index (Phi) is 2.47. The lowest BCUT2D eigenvalue weighted by Crippen LogP contribution is -2.29. The van der Waals surface area contributed by atoms with Crippen molar-refractivity contribution in [2.45, 2.75) is 26.7 Å². The Morgan fingerprint density at radius 3 is 2.82 bits per heavy atom. The number of nitriles is 1. The summed E-state index contributed by atoms with van der Waals surface area (Å²) in [6.07, 6.45) is 1.32. The molecule has 0 atom stereocenters. The molecule has 108 valence electrons. The Morgan fingerprint density at radius 1 is 1.27 bits per heavy atom. The second-order valence-electron chi connectivity index (χ2n) is 6.73. The third-order valence-corrected chi connectivity index (χ3v) is 4.38. The molecule has 3 aromatic rings. The molecule has 0 saturated carbocycles. The molecule has 0 fully saturated rings. The molecule has 2 aromatic heterocycles. The number of carbonyl (C=O) groups excluding carboxylic acids is 1. The quantitative estimate of drug-likeness (QED) is 0.636. The molecule has 1 aliphatic rings. The number of hydrogen-bond donors (Lipinski definition) is 0. The van der Waals surface area contributed by atoms with E-state index < -0.39 is 0 Å². The molecule has 0 saturated heterocycles. The number of carbonyl (C=O) groups is 1. The van der Waals surface area contributed by atoms with Gasteiger partial charge in [-0.2, -0.15) is 5.26 Å². The number of rotatable bonds is 0. The van der Waals surface area contributed by atoms with Crippen LogP contribution >= 0.6 is 0 Å². The van der Waals surface area contributed by atoms with Gasteiger partial charge in [0.05, 0.1) is 16.6 Å². The van der Waals surface area contributed by atoms with E-state index in [1.165, 1.54) is 0 Å². The van der Waals surface area contributed by atoms with Gasteiger partial charge >= 0.3 is 0 Å². The number of fused-ring (bicyclic) bond motifs is 5. The highest BCUT2D eigenvalue weighted by Crippen LogP contribution is 2.37. The molecule has 0 N–H and O–H groups in total. The van der Waals surface area contributed by atoms with Crippen LogP contribution in [0.1, 0.15) is 41.9 Å². The molecule has 0 bridgehead atoms. The molecular weight excluding hydrogens is 274 g/mol. The van der Waals surface area contributed by atoms with E-state index in [0.29, 0.717) is 23.2 Å². The number of aromatic nitrogens is 2. The van der Waals surface area contributed by atoms with Crippen molar-refractivity contribution >= 4 is 22.5 Å². The Hall–Kier alpha value is -2.67. The largest absolute Gasteiger partial charge is 0.295 e. The fourth-order valence-electron chi connectivity index (χ4n) is 3.44. The zero-order valence-corrected chi connectivity index (χ0v) is 12.6. The van der Waals surface area contributed by atoms with E-state index in [4.69, 9.17) is 0 Å². The van der Waals surface area contributed by atoms with Crippen molar-refractivity contribution in [3.63, 3.8) is 0 Å². The van der Waals surface area contributed by atoms with Crippen molar-refractivity contribution in [3.05, 3.63) is 47.2 Å². The van der Waals surface area contributed by atoms with E-state index >= 15 is 0 Å². The van der Waals surface area contributed by atoms with E-state index in [1.54, 1.807) is 6.07 Å². The van der Waals surface area contributed by atoms with Crippen LogP contribution in [0.2, 0.25) is 0 Å². The third kappa shape index (κ3) is 1.69. The highest BCUT2D eigenvalue weighted by molar-refractivity contribution is 6.00. The average molecular weight is 289 g/mol. The standard InChI is InChI=1S/C18H15N3O/c1-18(2)8-15-12(16(22)9-18)7-11(10-19)17-20-13-5-3-4-6-14(13)21(15)17/h3-7H,8-9H2,1-2H3. The second kappa shape index (κ2) is 4.17. The predicted molar refractivity (Wildman–Crippen MR) is 83.8 cm³/mol. The molecule has 0 radical (unpaired) electrons. The van der Waals surface area contributed by atoms with Crippen molar-refractivity contribution in [2.75, 3.05) is 0 Å². The number of hydrogen-bond acceptors (Lipinski definition) is 3. The molecule has 1 aliphatic carbocycles. The van der Waals surface area contributed by atoms with Crippen LogP contribution in [0.25, 0.3) is 16.7 Å². The topological polar surface area (TPSA) is 58.2 Å². The fourth-order valence-corrected chi connectivity index (χ4v) is 3.44. The Balaban J connectivity index is 2.22. The number of imidazole rings is 1. The van der Waals surface area contributed by atoms with Crippen LogP contribution < -0.4 is 0 Å². The van der Waals surface area contributed by atoms with Gasteiger partial charge in [-0.05, 0) is 30.0 Å². The summed E-state index contributed by atoms with van der Waals surface area (Å²) in [5.41, 5.74) is 4.49. The summed E-state index contributed by atoms with van der Waals surface area (Å²) in [4.78, 5) is 17.1. The number of benzene rings is 1.